The van der Waals surface area contributed by atoms with Gasteiger partial charge in [-0.15, -0.1) is 11.3 Å². The third-order valence-corrected chi connectivity index (χ3v) is 5.74. The highest BCUT2D eigenvalue weighted by Gasteiger charge is 2.31. The van der Waals surface area contributed by atoms with Crippen molar-refractivity contribution in [2.75, 3.05) is 31.5 Å². The topological polar surface area (TPSA) is 61.8 Å². The second kappa shape index (κ2) is 8.26. The van der Waals surface area contributed by atoms with Crippen molar-refractivity contribution in [3.05, 3.63) is 52.2 Å². The molecule has 25 heavy (non-hydrogen) atoms. The van der Waals surface area contributed by atoms with Crippen LogP contribution in [-0.4, -0.2) is 38.1 Å². The van der Waals surface area contributed by atoms with Crippen LogP contribution in [0.3, 0.4) is 0 Å². The van der Waals surface area contributed by atoms with E-state index < -0.39 is 0 Å². The number of nitrogens with zero attached hydrogens (tertiary/aromatic N) is 1. The van der Waals surface area contributed by atoms with E-state index >= 15 is 0 Å². The summed E-state index contributed by atoms with van der Waals surface area (Å²) < 4.78 is 0. The van der Waals surface area contributed by atoms with Gasteiger partial charge in [0.15, 0.2) is 6.04 Å². The zero-order chi connectivity index (χ0) is 17.6. The van der Waals surface area contributed by atoms with E-state index in [0.717, 1.165) is 32.7 Å². The van der Waals surface area contributed by atoms with Gasteiger partial charge in [-0.2, -0.15) is 5.26 Å². The Balaban J connectivity index is 1.50. The van der Waals surface area contributed by atoms with Crippen molar-refractivity contribution in [1.82, 2.24) is 0 Å². The zero-order valence-corrected chi connectivity index (χ0v) is 15.2. The highest BCUT2D eigenvalue weighted by Crippen LogP contribution is 2.09. The summed E-state index contributed by atoms with van der Waals surface area (Å²) >= 11 is 1.82. The van der Waals surface area contributed by atoms with Crippen LogP contribution < -0.4 is 15.1 Å². The van der Waals surface area contributed by atoms with E-state index in [1.54, 1.807) is 23.1 Å². The fraction of sp³-hybridized carbons (Fsp3) is 0.368. The minimum atomic E-state index is -0.0889. The molecule has 1 aromatic heterocycles. The summed E-state index contributed by atoms with van der Waals surface area (Å²) in [5.41, 5.74) is 1.25. The van der Waals surface area contributed by atoms with Gasteiger partial charge in [0, 0.05) is 5.69 Å². The first-order chi connectivity index (χ1) is 12.2. The van der Waals surface area contributed by atoms with Crippen molar-refractivity contribution in [2.45, 2.75) is 19.5 Å². The van der Waals surface area contributed by atoms with Gasteiger partial charge in [0.05, 0.1) is 16.5 Å². The Labute approximate surface area is 152 Å². The predicted molar refractivity (Wildman–Crippen MR) is 98.7 cm³/mol. The van der Waals surface area contributed by atoms with Gasteiger partial charge in [0.25, 0.3) is 5.91 Å². The van der Waals surface area contributed by atoms with Crippen LogP contribution in [0.4, 0.5) is 5.69 Å². The molecule has 3 N–H and O–H groups in total. The number of nitriles is 1. The number of carbonyl (C=O) groups excluding carboxylic acids is 1. The van der Waals surface area contributed by atoms with Gasteiger partial charge >= 0.3 is 0 Å². The number of hydrogen-bond donors (Lipinski definition) is 3. The number of carbonyl (C=O) groups is 1. The summed E-state index contributed by atoms with van der Waals surface area (Å²) in [7, 11) is 0. The van der Waals surface area contributed by atoms with E-state index in [1.807, 2.05) is 24.3 Å². The highest BCUT2D eigenvalue weighted by molar-refractivity contribution is 7.09. The summed E-state index contributed by atoms with van der Waals surface area (Å²) in [6.45, 7) is 7.28. The molecule has 0 aliphatic carbocycles. The Kier molecular flexibility index (Phi) is 5.82. The Bertz CT molecular complexity index is 745. The number of anilines is 1. The van der Waals surface area contributed by atoms with Crippen molar-refractivity contribution in [2.24, 2.45) is 0 Å². The van der Waals surface area contributed by atoms with Crippen LogP contribution in [-0.2, 0) is 11.3 Å². The average molecular weight is 356 g/mol. The van der Waals surface area contributed by atoms with Crippen LogP contribution in [0.1, 0.15) is 17.4 Å². The third-order valence-electron chi connectivity index (χ3n) is 4.87. The lowest BCUT2D eigenvalue weighted by atomic mass is 10.2. The molecule has 0 radical (unpaired) electrons. The molecule has 2 aromatic rings. The van der Waals surface area contributed by atoms with Crippen molar-refractivity contribution in [3.63, 3.8) is 0 Å². The van der Waals surface area contributed by atoms with Crippen LogP contribution in [0, 0.1) is 11.3 Å². The summed E-state index contributed by atoms with van der Waals surface area (Å²) in [6.07, 6.45) is 0. The fourth-order valence-corrected chi connectivity index (χ4v) is 4.07. The predicted octanol–water partition coefficient (Wildman–Crippen LogP) is -0.0696. The van der Waals surface area contributed by atoms with Crippen molar-refractivity contribution in [1.29, 1.82) is 5.26 Å². The second-order valence-electron chi connectivity index (χ2n) is 6.57. The van der Waals surface area contributed by atoms with Crippen LogP contribution in [0.2, 0.25) is 0 Å². The van der Waals surface area contributed by atoms with E-state index in [2.05, 4.69) is 28.9 Å². The first kappa shape index (κ1) is 17.6. The lowest BCUT2D eigenvalue weighted by Gasteiger charge is -2.32. The van der Waals surface area contributed by atoms with Crippen LogP contribution in [0.5, 0.6) is 0 Å². The van der Waals surface area contributed by atoms with Gasteiger partial charge in [0.2, 0.25) is 0 Å². The molecule has 5 nitrogen and oxygen atoms in total. The molecule has 1 aromatic carbocycles. The largest absolute Gasteiger partial charge is 0.321 e. The molecule has 0 spiro atoms. The summed E-state index contributed by atoms with van der Waals surface area (Å²) in [5.74, 6) is 0.0202. The Morgan fingerprint density at radius 1 is 1.28 bits per heavy atom. The van der Waals surface area contributed by atoms with E-state index in [-0.39, 0.29) is 11.9 Å². The van der Waals surface area contributed by atoms with Gasteiger partial charge < -0.3 is 15.1 Å². The molecular weight excluding hydrogens is 332 g/mol. The molecule has 1 amide bonds. The molecule has 130 valence electrons. The number of nitrogens with one attached hydrogen (secondary N) is 3. The zero-order valence-electron chi connectivity index (χ0n) is 14.4. The maximum Gasteiger partial charge on any atom is 0.282 e. The smallest absolute Gasteiger partial charge is 0.282 e. The minimum Gasteiger partial charge on any atom is -0.321 e. The van der Waals surface area contributed by atoms with Gasteiger partial charge in [-0.1, -0.05) is 12.1 Å². The highest BCUT2D eigenvalue weighted by atomic mass is 32.1. The molecule has 1 aliphatic rings. The van der Waals surface area contributed by atoms with Gasteiger partial charge in [-0.05, 0) is 36.6 Å². The Morgan fingerprint density at radius 3 is 2.76 bits per heavy atom. The maximum atomic E-state index is 12.5. The number of quaternary nitrogens is 2. The maximum absolute atomic E-state index is 12.5. The summed E-state index contributed by atoms with van der Waals surface area (Å²) in [4.78, 5) is 16.9. The van der Waals surface area contributed by atoms with E-state index in [4.69, 9.17) is 5.26 Å². The number of thiophene rings is 1. The molecule has 1 saturated heterocycles. The molecule has 0 bridgehead atoms. The number of benzene rings is 1. The van der Waals surface area contributed by atoms with E-state index in [0.29, 0.717) is 11.3 Å². The second-order valence-corrected chi connectivity index (χ2v) is 7.60. The number of rotatable bonds is 5. The molecule has 3 rings (SSSR count). The normalized spacial score (nSPS) is 21.3. The summed E-state index contributed by atoms with van der Waals surface area (Å²) in [6, 6.07) is 13.4. The van der Waals surface area contributed by atoms with Crippen molar-refractivity contribution >= 4 is 22.9 Å². The van der Waals surface area contributed by atoms with Crippen molar-refractivity contribution in [3.8, 4) is 6.07 Å². The molecule has 2 heterocycles. The lowest BCUT2D eigenvalue weighted by Crippen LogP contribution is -3.29. The van der Waals surface area contributed by atoms with E-state index in [1.165, 1.54) is 9.78 Å². The molecule has 1 aliphatic heterocycles. The third kappa shape index (κ3) is 4.67. The van der Waals surface area contributed by atoms with Crippen LogP contribution in [0.15, 0.2) is 41.8 Å². The van der Waals surface area contributed by atoms with Gasteiger partial charge in [-0.25, -0.2) is 0 Å². The molecule has 1 atom stereocenters. The van der Waals surface area contributed by atoms with Crippen LogP contribution in [0.25, 0.3) is 0 Å². The quantitative estimate of drug-likeness (QED) is 0.702. The molecular formula is C19H24N4OS+2. The molecule has 0 saturated carbocycles. The lowest BCUT2D eigenvalue weighted by molar-refractivity contribution is -1.02. The van der Waals surface area contributed by atoms with Gasteiger partial charge in [0.1, 0.15) is 32.7 Å². The monoisotopic (exact) mass is 356 g/mol. The molecule has 0 unspecified atom stereocenters. The summed E-state index contributed by atoms with van der Waals surface area (Å²) in [5, 5.41) is 14.0. The standard InChI is InChI=1S/C19H22N4OS/c1-15(19(24)21-17-5-2-4-16(12-17)13-20)23-9-7-22(8-10-23)14-18-6-3-11-25-18/h2-6,11-12,15H,7-10,14H2,1H3,(H,21,24)/p+2/t15-/m0/s1. The SMILES string of the molecule is C[C@@H](C(=O)Nc1cccc(C#N)c1)[NH+]1CC[NH+](Cc2cccs2)CC1. The van der Waals surface area contributed by atoms with Gasteiger partial charge in [-0.3, -0.25) is 4.79 Å². The number of amides is 1. The Morgan fingerprint density at radius 2 is 2.08 bits per heavy atom. The van der Waals surface area contributed by atoms with Crippen LogP contribution >= 0.6 is 11.3 Å². The van der Waals surface area contributed by atoms with E-state index in [9.17, 15) is 4.79 Å². The fourth-order valence-electron chi connectivity index (χ4n) is 3.30. The van der Waals surface area contributed by atoms with Crippen molar-refractivity contribution < 1.29 is 14.6 Å². The Hall–Kier alpha value is -2.20. The molecule has 1 fully saturated rings. The first-order valence-electron chi connectivity index (χ1n) is 8.67. The molecule has 6 heteroatoms. The minimum absolute atomic E-state index is 0.0202. The average Bonchev–Trinajstić information content (AvgIpc) is 3.15. The first-order valence-corrected chi connectivity index (χ1v) is 9.55. The number of piperazine rings is 1. The number of hydrogen-bond acceptors (Lipinski definition) is 3.